The number of carboxylic acid groups (broad SMARTS) is 1. The van der Waals surface area contributed by atoms with E-state index in [0.29, 0.717) is 17.8 Å². The van der Waals surface area contributed by atoms with Gasteiger partial charge in [-0.2, -0.15) is 0 Å². The molecule has 1 aliphatic heterocycles. The van der Waals surface area contributed by atoms with Crippen molar-refractivity contribution in [2.75, 3.05) is 13.1 Å². The molecule has 1 aliphatic carbocycles. The topological polar surface area (TPSA) is 49.3 Å². The molecule has 0 radical (unpaired) electrons. The Kier molecular flexibility index (Phi) is 2.77. The van der Waals surface area contributed by atoms with E-state index in [1.807, 2.05) is 0 Å². The zero-order valence-electron chi connectivity index (χ0n) is 8.59. The summed E-state index contributed by atoms with van der Waals surface area (Å²) in [4.78, 5) is 10.6. The summed E-state index contributed by atoms with van der Waals surface area (Å²) in [6.07, 6.45) is 6.38. The molecule has 1 saturated carbocycles. The van der Waals surface area contributed by atoms with Crippen LogP contribution in [0.15, 0.2) is 0 Å². The second-order valence-electron chi connectivity index (χ2n) is 4.97. The lowest BCUT2D eigenvalue weighted by atomic mass is 9.69. The van der Waals surface area contributed by atoms with Crippen molar-refractivity contribution in [3.8, 4) is 0 Å². The van der Waals surface area contributed by atoms with Crippen LogP contribution in [0, 0.1) is 11.3 Å². The molecule has 2 fully saturated rings. The first-order chi connectivity index (χ1) is 6.70. The minimum atomic E-state index is -0.629. The second kappa shape index (κ2) is 3.89. The molecule has 0 unspecified atom stereocenters. The number of rotatable bonds is 2. The van der Waals surface area contributed by atoms with Crippen molar-refractivity contribution in [1.29, 1.82) is 0 Å². The van der Waals surface area contributed by atoms with Gasteiger partial charge in [0.2, 0.25) is 0 Å². The minimum Gasteiger partial charge on any atom is -0.481 e. The van der Waals surface area contributed by atoms with Crippen LogP contribution in [0.25, 0.3) is 0 Å². The molecule has 0 bridgehead atoms. The number of carbonyl (C=O) groups is 1. The van der Waals surface area contributed by atoms with Gasteiger partial charge in [-0.05, 0) is 50.0 Å². The Balaban J connectivity index is 1.82. The van der Waals surface area contributed by atoms with Crippen LogP contribution in [0.4, 0.5) is 0 Å². The van der Waals surface area contributed by atoms with Gasteiger partial charge in [-0.1, -0.05) is 0 Å². The summed E-state index contributed by atoms with van der Waals surface area (Å²) >= 11 is 0. The summed E-state index contributed by atoms with van der Waals surface area (Å²) in [6, 6.07) is 0. The van der Waals surface area contributed by atoms with Gasteiger partial charge >= 0.3 is 5.97 Å². The molecule has 80 valence electrons. The van der Waals surface area contributed by atoms with Crippen molar-refractivity contribution in [2.45, 2.75) is 38.5 Å². The molecule has 0 amide bonds. The lowest BCUT2D eigenvalue weighted by Gasteiger charge is -2.36. The zero-order valence-corrected chi connectivity index (χ0v) is 8.59. The van der Waals surface area contributed by atoms with E-state index in [-0.39, 0.29) is 0 Å². The summed E-state index contributed by atoms with van der Waals surface area (Å²) in [5.74, 6) is -0.186. The van der Waals surface area contributed by atoms with Crippen molar-refractivity contribution in [2.24, 2.45) is 11.3 Å². The molecule has 2 N–H and O–H groups in total. The highest BCUT2D eigenvalue weighted by Crippen LogP contribution is 2.43. The van der Waals surface area contributed by atoms with Crippen LogP contribution in [0.1, 0.15) is 38.5 Å². The van der Waals surface area contributed by atoms with Crippen molar-refractivity contribution >= 4 is 5.97 Å². The first kappa shape index (κ1) is 9.97. The van der Waals surface area contributed by atoms with Gasteiger partial charge in [0.15, 0.2) is 0 Å². The largest absolute Gasteiger partial charge is 0.481 e. The van der Waals surface area contributed by atoms with Crippen LogP contribution >= 0.6 is 0 Å². The fraction of sp³-hybridized carbons (Fsp3) is 0.909. The predicted octanol–water partition coefficient (Wildman–Crippen LogP) is 1.63. The van der Waals surface area contributed by atoms with E-state index in [1.165, 1.54) is 19.3 Å². The smallest absolute Gasteiger partial charge is 0.303 e. The molecular weight excluding hydrogens is 178 g/mol. The van der Waals surface area contributed by atoms with Crippen molar-refractivity contribution < 1.29 is 9.90 Å². The quantitative estimate of drug-likeness (QED) is 0.707. The SMILES string of the molecule is O=C(O)CC1CCC2(CCNC2)CC1. The highest BCUT2D eigenvalue weighted by Gasteiger charge is 2.37. The summed E-state index contributed by atoms with van der Waals surface area (Å²) in [6.45, 7) is 2.32. The lowest BCUT2D eigenvalue weighted by Crippen LogP contribution is -2.30. The van der Waals surface area contributed by atoms with E-state index in [4.69, 9.17) is 5.11 Å². The average Bonchev–Trinajstić information content (AvgIpc) is 2.58. The summed E-state index contributed by atoms with van der Waals surface area (Å²) in [5.41, 5.74) is 0.537. The van der Waals surface area contributed by atoms with Gasteiger partial charge in [0.1, 0.15) is 0 Å². The van der Waals surface area contributed by atoms with Crippen LogP contribution in [0.5, 0.6) is 0 Å². The molecular formula is C11H19NO2. The van der Waals surface area contributed by atoms with E-state index in [0.717, 1.165) is 25.9 Å². The Morgan fingerprint density at radius 2 is 2.07 bits per heavy atom. The molecule has 0 aromatic heterocycles. The third-order valence-electron chi connectivity index (χ3n) is 3.96. The highest BCUT2D eigenvalue weighted by atomic mass is 16.4. The number of nitrogens with one attached hydrogen (secondary N) is 1. The van der Waals surface area contributed by atoms with Crippen LogP contribution < -0.4 is 5.32 Å². The third kappa shape index (κ3) is 2.08. The van der Waals surface area contributed by atoms with E-state index in [2.05, 4.69) is 5.32 Å². The fourth-order valence-corrected chi connectivity index (χ4v) is 2.96. The Morgan fingerprint density at radius 1 is 1.36 bits per heavy atom. The molecule has 2 aliphatic rings. The monoisotopic (exact) mass is 197 g/mol. The summed E-state index contributed by atoms with van der Waals surface area (Å²) in [5, 5.41) is 12.1. The molecule has 2 rings (SSSR count). The van der Waals surface area contributed by atoms with E-state index < -0.39 is 5.97 Å². The van der Waals surface area contributed by atoms with Crippen LogP contribution in [0.3, 0.4) is 0 Å². The number of hydrogen-bond donors (Lipinski definition) is 2. The molecule has 0 aromatic carbocycles. The minimum absolute atomic E-state index is 0.378. The molecule has 1 spiro atoms. The summed E-state index contributed by atoms with van der Waals surface area (Å²) < 4.78 is 0. The van der Waals surface area contributed by atoms with E-state index >= 15 is 0 Å². The van der Waals surface area contributed by atoms with Crippen LogP contribution in [-0.2, 0) is 4.79 Å². The maximum Gasteiger partial charge on any atom is 0.303 e. The molecule has 3 heteroatoms. The predicted molar refractivity (Wildman–Crippen MR) is 54.1 cm³/mol. The van der Waals surface area contributed by atoms with Gasteiger partial charge in [0, 0.05) is 13.0 Å². The first-order valence-electron chi connectivity index (χ1n) is 5.63. The van der Waals surface area contributed by atoms with Gasteiger partial charge in [0.25, 0.3) is 0 Å². The van der Waals surface area contributed by atoms with Crippen LogP contribution in [-0.4, -0.2) is 24.2 Å². The number of aliphatic carboxylic acids is 1. The molecule has 14 heavy (non-hydrogen) atoms. The Hall–Kier alpha value is -0.570. The maximum atomic E-state index is 10.6. The van der Waals surface area contributed by atoms with Gasteiger partial charge in [0.05, 0.1) is 0 Å². The zero-order chi connectivity index (χ0) is 10.0. The normalized spacial score (nSPS) is 37.6. The standard InChI is InChI=1S/C11H19NO2/c13-10(14)7-9-1-3-11(4-2-9)5-6-12-8-11/h9,12H,1-8H2,(H,13,14). The van der Waals surface area contributed by atoms with Gasteiger partial charge < -0.3 is 10.4 Å². The van der Waals surface area contributed by atoms with Crippen LogP contribution in [0.2, 0.25) is 0 Å². The Bertz CT molecular complexity index is 211. The molecule has 1 saturated heterocycles. The number of carboxylic acids is 1. The number of hydrogen-bond acceptors (Lipinski definition) is 2. The molecule has 3 nitrogen and oxygen atoms in total. The van der Waals surface area contributed by atoms with E-state index in [9.17, 15) is 4.79 Å². The van der Waals surface area contributed by atoms with Crippen molar-refractivity contribution in [3.05, 3.63) is 0 Å². The molecule has 0 aromatic rings. The van der Waals surface area contributed by atoms with Gasteiger partial charge in [-0.15, -0.1) is 0 Å². The molecule has 1 heterocycles. The third-order valence-corrected chi connectivity index (χ3v) is 3.96. The van der Waals surface area contributed by atoms with Gasteiger partial charge in [-0.3, -0.25) is 4.79 Å². The maximum absolute atomic E-state index is 10.6. The molecule has 0 atom stereocenters. The van der Waals surface area contributed by atoms with Crippen molar-refractivity contribution in [3.63, 3.8) is 0 Å². The average molecular weight is 197 g/mol. The van der Waals surface area contributed by atoms with Crippen molar-refractivity contribution in [1.82, 2.24) is 5.32 Å². The highest BCUT2D eigenvalue weighted by molar-refractivity contribution is 5.67. The first-order valence-corrected chi connectivity index (χ1v) is 5.63. The van der Waals surface area contributed by atoms with Gasteiger partial charge in [-0.25, -0.2) is 0 Å². The Labute approximate surface area is 84.9 Å². The van der Waals surface area contributed by atoms with E-state index in [1.54, 1.807) is 0 Å². The Morgan fingerprint density at radius 3 is 2.57 bits per heavy atom. The fourth-order valence-electron chi connectivity index (χ4n) is 2.96. The summed E-state index contributed by atoms with van der Waals surface area (Å²) in [7, 11) is 0. The lowest BCUT2D eigenvalue weighted by molar-refractivity contribution is -0.138. The second-order valence-corrected chi connectivity index (χ2v) is 4.97.